The number of anilines is 1. The van der Waals surface area contributed by atoms with Crippen molar-refractivity contribution in [2.45, 2.75) is 12.8 Å². The Labute approximate surface area is 150 Å². The Kier molecular flexibility index (Phi) is 5.17. The molecule has 3 rings (SSSR count). The Morgan fingerprint density at radius 2 is 1.69 bits per heavy atom. The summed E-state index contributed by atoms with van der Waals surface area (Å²) in [6, 6.07) is 13.3. The standard InChI is InChI=1S/C19H19N3O4/c1-26-16-9-7-13(8-10-16)18(24)20-21-19(25)14-4-2-5-15(12-14)22-11-3-6-17(22)23/h2,4-5,7-10,12H,3,6,11H2,1H3,(H,20,24)(H,21,25). The fraction of sp³-hybridized carbons (Fsp3) is 0.211. The highest BCUT2D eigenvalue weighted by Crippen LogP contribution is 2.22. The first-order chi connectivity index (χ1) is 12.6. The predicted octanol–water partition coefficient (Wildman–Crippen LogP) is 1.90. The van der Waals surface area contributed by atoms with Crippen LogP contribution in [0.4, 0.5) is 5.69 Å². The third-order valence-corrected chi connectivity index (χ3v) is 4.14. The van der Waals surface area contributed by atoms with E-state index >= 15 is 0 Å². The number of hydrogen-bond acceptors (Lipinski definition) is 4. The molecule has 2 aromatic carbocycles. The van der Waals surface area contributed by atoms with E-state index in [1.165, 1.54) is 0 Å². The summed E-state index contributed by atoms with van der Waals surface area (Å²) in [5.74, 6) is -0.207. The number of benzene rings is 2. The third kappa shape index (κ3) is 3.83. The maximum Gasteiger partial charge on any atom is 0.269 e. The number of nitrogens with zero attached hydrogens (tertiary/aromatic N) is 1. The van der Waals surface area contributed by atoms with Crippen LogP contribution in [0.5, 0.6) is 5.75 Å². The van der Waals surface area contributed by atoms with Crippen LogP contribution in [0.2, 0.25) is 0 Å². The summed E-state index contributed by atoms with van der Waals surface area (Å²) in [5, 5.41) is 0. The number of hydrazine groups is 1. The highest BCUT2D eigenvalue weighted by molar-refractivity contribution is 6.01. The predicted molar refractivity (Wildman–Crippen MR) is 96.0 cm³/mol. The van der Waals surface area contributed by atoms with Gasteiger partial charge in [-0.1, -0.05) is 6.07 Å². The first-order valence-electron chi connectivity index (χ1n) is 8.23. The lowest BCUT2D eigenvalue weighted by molar-refractivity contribution is -0.117. The molecule has 2 aromatic rings. The van der Waals surface area contributed by atoms with Crippen molar-refractivity contribution in [1.82, 2.24) is 10.9 Å². The number of amides is 3. The van der Waals surface area contributed by atoms with Gasteiger partial charge in [0.2, 0.25) is 5.91 Å². The summed E-state index contributed by atoms with van der Waals surface area (Å²) in [6.45, 7) is 0.651. The van der Waals surface area contributed by atoms with Gasteiger partial charge in [0.25, 0.3) is 11.8 Å². The molecule has 134 valence electrons. The van der Waals surface area contributed by atoms with Gasteiger partial charge in [-0.25, -0.2) is 0 Å². The molecule has 3 amide bonds. The molecule has 1 saturated heterocycles. The van der Waals surface area contributed by atoms with Crippen LogP contribution < -0.4 is 20.5 Å². The molecular formula is C19H19N3O4. The Morgan fingerprint density at radius 3 is 2.31 bits per heavy atom. The summed E-state index contributed by atoms with van der Waals surface area (Å²) < 4.78 is 5.04. The smallest absolute Gasteiger partial charge is 0.269 e. The van der Waals surface area contributed by atoms with Gasteiger partial charge in [0.1, 0.15) is 5.75 Å². The molecule has 0 saturated carbocycles. The van der Waals surface area contributed by atoms with Crippen LogP contribution in [0.15, 0.2) is 48.5 Å². The lowest BCUT2D eigenvalue weighted by Gasteiger charge is -2.16. The van der Waals surface area contributed by atoms with Crippen molar-refractivity contribution in [3.8, 4) is 5.75 Å². The van der Waals surface area contributed by atoms with E-state index in [-0.39, 0.29) is 5.91 Å². The molecule has 0 aromatic heterocycles. The van der Waals surface area contributed by atoms with Gasteiger partial charge in [-0.2, -0.15) is 0 Å². The van der Waals surface area contributed by atoms with Gasteiger partial charge < -0.3 is 9.64 Å². The second kappa shape index (κ2) is 7.69. The number of carbonyl (C=O) groups is 3. The molecule has 1 aliphatic heterocycles. The van der Waals surface area contributed by atoms with Gasteiger partial charge in [-0.05, 0) is 48.9 Å². The number of methoxy groups -OCH3 is 1. The van der Waals surface area contributed by atoms with Crippen LogP contribution in [-0.4, -0.2) is 31.4 Å². The van der Waals surface area contributed by atoms with Crippen molar-refractivity contribution in [3.05, 3.63) is 59.7 Å². The fourth-order valence-corrected chi connectivity index (χ4v) is 2.74. The van der Waals surface area contributed by atoms with Crippen molar-refractivity contribution in [2.75, 3.05) is 18.6 Å². The summed E-state index contributed by atoms with van der Waals surface area (Å²) >= 11 is 0. The Balaban J connectivity index is 1.62. The molecule has 0 bridgehead atoms. The SMILES string of the molecule is COc1ccc(C(=O)NNC(=O)c2cccc(N3CCCC3=O)c2)cc1. The van der Waals surface area contributed by atoms with Crippen LogP contribution in [0.25, 0.3) is 0 Å². The van der Waals surface area contributed by atoms with E-state index in [0.29, 0.717) is 35.5 Å². The van der Waals surface area contributed by atoms with E-state index in [1.54, 1.807) is 60.5 Å². The van der Waals surface area contributed by atoms with E-state index in [2.05, 4.69) is 10.9 Å². The highest BCUT2D eigenvalue weighted by Gasteiger charge is 2.22. The molecule has 1 fully saturated rings. The molecule has 7 heteroatoms. The molecule has 0 aliphatic carbocycles. The molecule has 1 heterocycles. The molecule has 0 atom stereocenters. The first kappa shape index (κ1) is 17.5. The minimum Gasteiger partial charge on any atom is -0.497 e. The van der Waals surface area contributed by atoms with Crippen molar-refractivity contribution < 1.29 is 19.1 Å². The molecular weight excluding hydrogens is 334 g/mol. The minimum atomic E-state index is -0.458. The van der Waals surface area contributed by atoms with Crippen molar-refractivity contribution in [1.29, 1.82) is 0 Å². The second-order valence-corrected chi connectivity index (χ2v) is 5.84. The van der Waals surface area contributed by atoms with E-state index in [9.17, 15) is 14.4 Å². The molecule has 0 radical (unpaired) electrons. The highest BCUT2D eigenvalue weighted by atomic mass is 16.5. The summed E-state index contributed by atoms with van der Waals surface area (Å²) in [5.41, 5.74) is 6.19. The third-order valence-electron chi connectivity index (χ3n) is 4.14. The molecule has 0 unspecified atom stereocenters. The number of nitrogens with one attached hydrogen (secondary N) is 2. The van der Waals surface area contributed by atoms with E-state index in [0.717, 1.165) is 6.42 Å². The average Bonchev–Trinajstić information content (AvgIpc) is 3.12. The second-order valence-electron chi connectivity index (χ2n) is 5.84. The largest absolute Gasteiger partial charge is 0.497 e. The lowest BCUT2D eigenvalue weighted by atomic mass is 10.2. The quantitative estimate of drug-likeness (QED) is 0.822. The molecule has 2 N–H and O–H groups in total. The minimum absolute atomic E-state index is 0.0513. The summed E-state index contributed by atoms with van der Waals surface area (Å²) in [4.78, 5) is 37.9. The van der Waals surface area contributed by atoms with E-state index < -0.39 is 11.8 Å². The molecule has 0 spiro atoms. The first-order valence-corrected chi connectivity index (χ1v) is 8.23. The maximum atomic E-state index is 12.3. The van der Waals surface area contributed by atoms with Gasteiger partial charge in [-0.15, -0.1) is 0 Å². The van der Waals surface area contributed by atoms with Gasteiger partial charge in [0.05, 0.1) is 7.11 Å². The van der Waals surface area contributed by atoms with Gasteiger partial charge >= 0.3 is 0 Å². The van der Waals surface area contributed by atoms with Crippen LogP contribution in [0.3, 0.4) is 0 Å². The van der Waals surface area contributed by atoms with Crippen LogP contribution >= 0.6 is 0 Å². The van der Waals surface area contributed by atoms with E-state index in [4.69, 9.17) is 4.74 Å². The van der Waals surface area contributed by atoms with Gasteiger partial charge in [0, 0.05) is 29.8 Å². The lowest BCUT2D eigenvalue weighted by Crippen LogP contribution is -2.41. The fourth-order valence-electron chi connectivity index (χ4n) is 2.74. The number of carbonyl (C=O) groups excluding carboxylic acids is 3. The number of rotatable bonds is 4. The number of ether oxygens (including phenoxy) is 1. The van der Waals surface area contributed by atoms with Crippen LogP contribution in [-0.2, 0) is 4.79 Å². The summed E-state index contributed by atoms with van der Waals surface area (Å²) in [6.07, 6.45) is 1.33. The van der Waals surface area contributed by atoms with Crippen LogP contribution in [0, 0.1) is 0 Å². The Morgan fingerprint density at radius 1 is 1.00 bits per heavy atom. The van der Waals surface area contributed by atoms with Crippen LogP contribution in [0.1, 0.15) is 33.6 Å². The molecule has 26 heavy (non-hydrogen) atoms. The average molecular weight is 353 g/mol. The zero-order chi connectivity index (χ0) is 18.5. The van der Waals surface area contributed by atoms with E-state index in [1.807, 2.05) is 0 Å². The van der Waals surface area contributed by atoms with Gasteiger partial charge in [-0.3, -0.25) is 25.2 Å². The number of hydrogen-bond donors (Lipinski definition) is 2. The zero-order valence-electron chi connectivity index (χ0n) is 14.3. The monoisotopic (exact) mass is 353 g/mol. The van der Waals surface area contributed by atoms with Crippen molar-refractivity contribution in [3.63, 3.8) is 0 Å². The zero-order valence-corrected chi connectivity index (χ0v) is 14.3. The summed E-state index contributed by atoms with van der Waals surface area (Å²) in [7, 11) is 1.54. The molecule has 7 nitrogen and oxygen atoms in total. The Bertz CT molecular complexity index is 833. The normalized spacial score (nSPS) is 13.4. The molecule has 1 aliphatic rings. The van der Waals surface area contributed by atoms with Crippen molar-refractivity contribution >= 4 is 23.4 Å². The van der Waals surface area contributed by atoms with Crippen molar-refractivity contribution in [2.24, 2.45) is 0 Å². The van der Waals surface area contributed by atoms with Gasteiger partial charge in [0.15, 0.2) is 0 Å². The maximum absolute atomic E-state index is 12.3. The Hall–Kier alpha value is -3.35. The topological polar surface area (TPSA) is 87.7 Å².